The molecule has 0 radical (unpaired) electrons. The Balaban J connectivity index is 1.02. The smallest absolute Gasteiger partial charge is 0.137 e. The minimum absolute atomic E-state index is 0.817. The van der Waals surface area contributed by atoms with Crippen LogP contribution in [0.2, 0.25) is 0 Å². The van der Waals surface area contributed by atoms with Crippen LogP contribution in [0.4, 0.5) is 17.1 Å². The number of nitrogens with zero attached hydrogens (tertiary/aromatic N) is 1. The van der Waals surface area contributed by atoms with Gasteiger partial charge in [-0.3, -0.25) is 0 Å². The topological polar surface area (TPSA) is 12.5 Å². The van der Waals surface area contributed by atoms with E-state index in [-0.39, 0.29) is 0 Å². The number of thiophene rings is 1. The third-order valence-corrected chi connectivity index (χ3v) is 13.3. The predicted molar refractivity (Wildman–Crippen MR) is 259 cm³/mol. The summed E-state index contributed by atoms with van der Waals surface area (Å²) in [5.41, 5.74) is 14.8. The number of rotatable bonds is 6. The lowest BCUT2D eigenvalue weighted by atomic mass is 9.87. The fourth-order valence-corrected chi connectivity index (χ4v) is 10.4. The summed E-state index contributed by atoms with van der Waals surface area (Å²) in [6.45, 7) is 0. The SMILES string of the molecule is c1ccc(-c2ccc(N(c3ccc(-c4cccc5c4sc4ccccc45)cc3)c3ccc4c(c3)Oc3cc5ccccc5cc3-c3c(-c5ccccc5)cccc3-4)cc2)cc1. The van der Waals surface area contributed by atoms with E-state index >= 15 is 0 Å². The van der Waals surface area contributed by atoms with E-state index in [4.69, 9.17) is 4.74 Å². The van der Waals surface area contributed by atoms with Crippen LogP contribution in [0.5, 0.6) is 11.5 Å². The first-order valence-electron chi connectivity index (χ1n) is 20.7. The molecule has 1 aliphatic rings. The monoisotopic (exact) mass is 795 g/mol. The molecular formula is C58H37NOS. The van der Waals surface area contributed by atoms with Crippen LogP contribution in [0.1, 0.15) is 0 Å². The Labute approximate surface area is 358 Å². The van der Waals surface area contributed by atoms with E-state index in [1.165, 1.54) is 64.5 Å². The van der Waals surface area contributed by atoms with Crippen molar-refractivity contribution in [1.82, 2.24) is 0 Å². The quantitative estimate of drug-likeness (QED) is 0.166. The summed E-state index contributed by atoms with van der Waals surface area (Å²) < 4.78 is 9.77. The first kappa shape index (κ1) is 35.2. The highest BCUT2D eigenvalue weighted by atomic mass is 32.1. The summed E-state index contributed by atoms with van der Waals surface area (Å²) in [6, 6.07) is 81.0. The second kappa shape index (κ2) is 14.5. The fourth-order valence-electron chi connectivity index (χ4n) is 9.15. The van der Waals surface area contributed by atoms with Crippen LogP contribution in [0.15, 0.2) is 224 Å². The van der Waals surface area contributed by atoms with Gasteiger partial charge in [-0.05, 0) is 104 Å². The molecule has 0 atom stereocenters. The van der Waals surface area contributed by atoms with Crippen LogP contribution in [0.3, 0.4) is 0 Å². The van der Waals surface area contributed by atoms with E-state index in [1.807, 2.05) is 11.3 Å². The van der Waals surface area contributed by atoms with Crippen LogP contribution in [0, 0.1) is 0 Å². The molecule has 10 aromatic carbocycles. The van der Waals surface area contributed by atoms with Gasteiger partial charge in [-0.15, -0.1) is 11.3 Å². The van der Waals surface area contributed by atoms with Crippen LogP contribution < -0.4 is 9.64 Å². The molecule has 0 spiro atoms. The maximum absolute atomic E-state index is 7.14. The lowest BCUT2D eigenvalue weighted by Gasteiger charge is -2.27. The van der Waals surface area contributed by atoms with Gasteiger partial charge in [0.15, 0.2) is 0 Å². The Hall–Kier alpha value is -7.72. The van der Waals surface area contributed by atoms with Crippen LogP contribution in [0.25, 0.3) is 86.6 Å². The lowest BCUT2D eigenvalue weighted by molar-refractivity contribution is 0.488. The molecule has 0 amide bonds. The molecule has 0 unspecified atom stereocenters. The highest BCUT2D eigenvalue weighted by molar-refractivity contribution is 7.26. The molecular weight excluding hydrogens is 759 g/mol. The molecule has 0 saturated heterocycles. The summed E-state index contributed by atoms with van der Waals surface area (Å²) in [6.07, 6.45) is 0. The van der Waals surface area contributed by atoms with Crippen molar-refractivity contribution in [3.8, 4) is 67.1 Å². The second-order valence-corrected chi connectivity index (χ2v) is 16.7. The van der Waals surface area contributed by atoms with Gasteiger partial charge in [0.2, 0.25) is 0 Å². The number of hydrogen-bond donors (Lipinski definition) is 0. The molecule has 1 aromatic heterocycles. The van der Waals surface area contributed by atoms with Gasteiger partial charge in [-0.2, -0.15) is 0 Å². The Morgan fingerprint density at radius 2 is 0.869 bits per heavy atom. The summed E-state index contributed by atoms with van der Waals surface area (Å²) in [7, 11) is 0. The van der Waals surface area contributed by atoms with Crippen LogP contribution in [-0.4, -0.2) is 0 Å². The molecule has 0 N–H and O–H groups in total. The Bertz CT molecular complexity index is 3420. The number of ether oxygens (including phenoxy) is 1. The van der Waals surface area contributed by atoms with Gasteiger partial charge in [0.1, 0.15) is 11.5 Å². The molecule has 0 bridgehead atoms. The normalized spacial score (nSPS) is 11.7. The van der Waals surface area contributed by atoms with E-state index < -0.39 is 0 Å². The summed E-state index contributed by atoms with van der Waals surface area (Å²) in [5.74, 6) is 1.66. The number of fused-ring (bicyclic) bond motifs is 9. The molecule has 12 rings (SSSR count). The summed E-state index contributed by atoms with van der Waals surface area (Å²) in [4.78, 5) is 2.34. The third-order valence-electron chi connectivity index (χ3n) is 12.1. The van der Waals surface area contributed by atoms with Crippen LogP contribution in [-0.2, 0) is 0 Å². The zero-order valence-electron chi connectivity index (χ0n) is 33.1. The van der Waals surface area contributed by atoms with E-state index in [1.54, 1.807) is 0 Å². The van der Waals surface area contributed by atoms with Gasteiger partial charge in [0.05, 0.1) is 0 Å². The van der Waals surface area contributed by atoms with E-state index in [0.29, 0.717) is 0 Å². The Kier molecular flexibility index (Phi) is 8.39. The van der Waals surface area contributed by atoms with Crippen molar-refractivity contribution in [2.24, 2.45) is 0 Å². The Morgan fingerprint density at radius 3 is 1.64 bits per heavy atom. The van der Waals surface area contributed by atoms with Crippen molar-refractivity contribution in [3.63, 3.8) is 0 Å². The van der Waals surface area contributed by atoms with Gasteiger partial charge in [-0.25, -0.2) is 0 Å². The third kappa shape index (κ3) is 6.09. The Morgan fingerprint density at radius 1 is 0.328 bits per heavy atom. The molecule has 286 valence electrons. The summed E-state index contributed by atoms with van der Waals surface area (Å²) in [5, 5.41) is 4.94. The molecule has 11 aromatic rings. The molecule has 0 saturated carbocycles. The minimum atomic E-state index is 0.817. The van der Waals surface area contributed by atoms with Crippen LogP contribution >= 0.6 is 11.3 Å². The molecule has 3 heteroatoms. The van der Waals surface area contributed by atoms with E-state index in [2.05, 4.69) is 229 Å². The first-order valence-corrected chi connectivity index (χ1v) is 21.6. The molecule has 0 aliphatic carbocycles. The number of benzene rings is 10. The zero-order chi connectivity index (χ0) is 40.3. The van der Waals surface area contributed by atoms with Gasteiger partial charge < -0.3 is 9.64 Å². The van der Waals surface area contributed by atoms with Crippen molar-refractivity contribution >= 4 is 59.3 Å². The first-order chi connectivity index (χ1) is 30.2. The lowest BCUT2D eigenvalue weighted by Crippen LogP contribution is -2.10. The number of anilines is 3. The predicted octanol–water partition coefficient (Wildman–Crippen LogP) is 17.1. The van der Waals surface area contributed by atoms with Crippen molar-refractivity contribution < 1.29 is 4.74 Å². The van der Waals surface area contributed by atoms with Crippen molar-refractivity contribution in [3.05, 3.63) is 224 Å². The molecule has 61 heavy (non-hydrogen) atoms. The van der Waals surface area contributed by atoms with E-state index in [0.717, 1.165) is 50.6 Å². The van der Waals surface area contributed by atoms with Gasteiger partial charge in [-0.1, -0.05) is 164 Å². The summed E-state index contributed by atoms with van der Waals surface area (Å²) >= 11 is 1.87. The van der Waals surface area contributed by atoms with Gasteiger partial charge in [0.25, 0.3) is 0 Å². The van der Waals surface area contributed by atoms with Gasteiger partial charge >= 0.3 is 0 Å². The van der Waals surface area contributed by atoms with Gasteiger partial charge in [0, 0.05) is 60.0 Å². The van der Waals surface area contributed by atoms with E-state index in [9.17, 15) is 0 Å². The van der Waals surface area contributed by atoms with Crippen molar-refractivity contribution in [1.29, 1.82) is 0 Å². The average Bonchev–Trinajstić information content (AvgIpc) is 3.65. The molecule has 2 nitrogen and oxygen atoms in total. The number of hydrogen-bond acceptors (Lipinski definition) is 3. The maximum atomic E-state index is 7.14. The molecule has 2 heterocycles. The highest BCUT2D eigenvalue weighted by Gasteiger charge is 2.26. The van der Waals surface area contributed by atoms with Crippen molar-refractivity contribution in [2.75, 3.05) is 4.90 Å². The average molecular weight is 796 g/mol. The maximum Gasteiger partial charge on any atom is 0.137 e. The second-order valence-electron chi connectivity index (χ2n) is 15.6. The zero-order valence-corrected chi connectivity index (χ0v) is 33.9. The van der Waals surface area contributed by atoms with Crippen molar-refractivity contribution in [2.45, 2.75) is 0 Å². The largest absolute Gasteiger partial charge is 0.456 e. The minimum Gasteiger partial charge on any atom is -0.456 e. The molecule has 1 aliphatic heterocycles. The standard InChI is InChI=1S/C58H37NOS/c1-3-13-38(14-4-1)39-25-29-44(30-26-39)59(45-31-27-41(28-32-45)48-21-12-23-52-50-19-9-10-24-56(50)61-58(48)52)46-33-34-49-51-22-11-20-47(40-15-5-2-6-16-40)57(51)53-35-42-17-7-8-18-43(42)36-54(53)60-55(49)37-46/h1-37H. The highest BCUT2D eigenvalue weighted by Crippen LogP contribution is 2.53. The molecule has 0 fully saturated rings. The fraction of sp³-hybridized carbons (Fsp3) is 0.